The van der Waals surface area contributed by atoms with Crippen LogP contribution >= 0.6 is 0 Å². The van der Waals surface area contributed by atoms with Crippen molar-refractivity contribution in [2.24, 2.45) is 0 Å². The Kier molecular flexibility index (Phi) is 4.76. The van der Waals surface area contributed by atoms with Gasteiger partial charge in [-0.2, -0.15) is 4.98 Å². The molecule has 1 fully saturated rings. The van der Waals surface area contributed by atoms with Gasteiger partial charge in [0.15, 0.2) is 0 Å². The number of hydrogen-bond donors (Lipinski definition) is 1. The molecule has 6 heteroatoms. The minimum atomic E-state index is -0.752. The average molecular weight is 279 g/mol. The van der Waals surface area contributed by atoms with Crippen LogP contribution in [0.4, 0.5) is 5.95 Å². The second-order valence-electron chi connectivity index (χ2n) is 5.13. The van der Waals surface area contributed by atoms with Crippen LogP contribution in [0.2, 0.25) is 0 Å². The highest BCUT2D eigenvalue weighted by atomic mass is 16.5. The summed E-state index contributed by atoms with van der Waals surface area (Å²) in [4.78, 5) is 21.8. The predicted octanol–water partition coefficient (Wildman–Crippen LogP) is 2.02. The van der Waals surface area contributed by atoms with Crippen LogP contribution in [0.25, 0.3) is 0 Å². The Hall–Kier alpha value is -1.85. The number of aliphatic carboxylic acids is 1. The van der Waals surface area contributed by atoms with Gasteiger partial charge in [-0.3, -0.25) is 4.79 Å². The Morgan fingerprint density at radius 1 is 1.50 bits per heavy atom. The second kappa shape index (κ2) is 6.54. The SMILES string of the molecule is COc1cc(C)nc(N2CCCCC2CCC(=O)O)n1. The molecule has 0 aromatic carbocycles. The summed E-state index contributed by atoms with van der Waals surface area (Å²) in [5.41, 5.74) is 0.856. The topological polar surface area (TPSA) is 75.5 Å². The standard InChI is InChI=1S/C14H21N3O3/c1-10-9-12(20-2)16-14(15-10)17-8-4-3-5-11(17)6-7-13(18)19/h9,11H,3-8H2,1-2H3,(H,18,19). The van der Waals surface area contributed by atoms with E-state index in [1.165, 1.54) is 0 Å². The number of aromatic nitrogens is 2. The number of carboxylic acids is 1. The summed E-state index contributed by atoms with van der Waals surface area (Å²) < 4.78 is 5.19. The van der Waals surface area contributed by atoms with Gasteiger partial charge in [0.1, 0.15) is 0 Å². The van der Waals surface area contributed by atoms with Crippen molar-refractivity contribution >= 4 is 11.9 Å². The monoisotopic (exact) mass is 279 g/mol. The largest absolute Gasteiger partial charge is 0.481 e. The number of aryl methyl sites for hydroxylation is 1. The van der Waals surface area contributed by atoms with Gasteiger partial charge in [-0.25, -0.2) is 4.98 Å². The molecular formula is C14H21N3O3. The maximum Gasteiger partial charge on any atom is 0.303 e. The van der Waals surface area contributed by atoms with E-state index in [1.807, 2.05) is 6.92 Å². The van der Waals surface area contributed by atoms with Crippen molar-refractivity contribution in [3.8, 4) is 5.88 Å². The molecule has 0 saturated carbocycles. The Morgan fingerprint density at radius 3 is 3.00 bits per heavy atom. The van der Waals surface area contributed by atoms with Crippen LogP contribution in [0, 0.1) is 6.92 Å². The van der Waals surface area contributed by atoms with E-state index in [2.05, 4.69) is 14.9 Å². The van der Waals surface area contributed by atoms with Gasteiger partial charge in [0.05, 0.1) is 7.11 Å². The van der Waals surface area contributed by atoms with Gasteiger partial charge in [-0.1, -0.05) is 0 Å². The van der Waals surface area contributed by atoms with Crippen LogP contribution in [0.1, 0.15) is 37.8 Å². The van der Waals surface area contributed by atoms with Crippen molar-refractivity contribution < 1.29 is 14.6 Å². The maximum atomic E-state index is 10.8. The normalized spacial score (nSPS) is 18.9. The highest BCUT2D eigenvalue weighted by Gasteiger charge is 2.25. The number of carbonyl (C=O) groups is 1. The van der Waals surface area contributed by atoms with E-state index in [-0.39, 0.29) is 12.5 Å². The molecule has 1 unspecified atom stereocenters. The lowest BCUT2D eigenvalue weighted by molar-refractivity contribution is -0.137. The molecule has 2 rings (SSSR count). The van der Waals surface area contributed by atoms with Crippen LogP contribution in [-0.4, -0.2) is 40.7 Å². The minimum Gasteiger partial charge on any atom is -0.481 e. The number of hydrogen-bond acceptors (Lipinski definition) is 5. The van der Waals surface area contributed by atoms with Crippen molar-refractivity contribution in [1.82, 2.24) is 9.97 Å². The number of carboxylic acid groups (broad SMARTS) is 1. The molecule has 2 heterocycles. The molecule has 0 bridgehead atoms. The average Bonchev–Trinajstić information content (AvgIpc) is 2.44. The van der Waals surface area contributed by atoms with Crippen molar-refractivity contribution in [2.75, 3.05) is 18.6 Å². The first-order valence-corrected chi connectivity index (χ1v) is 6.98. The maximum absolute atomic E-state index is 10.8. The van der Waals surface area contributed by atoms with Crippen molar-refractivity contribution in [3.05, 3.63) is 11.8 Å². The van der Waals surface area contributed by atoms with Gasteiger partial charge in [0.2, 0.25) is 11.8 Å². The summed E-state index contributed by atoms with van der Waals surface area (Å²) in [6.07, 6.45) is 4.03. The molecule has 1 saturated heterocycles. The van der Waals surface area contributed by atoms with E-state index >= 15 is 0 Å². The molecule has 0 amide bonds. The van der Waals surface area contributed by atoms with Gasteiger partial charge in [-0.15, -0.1) is 0 Å². The molecule has 0 spiro atoms. The quantitative estimate of drug-likeness (QED) is 0.888. The van der Waals surface area contributed by atoms with Gasteiger partial charge in [0.25, 0.3) is 0 Å². The highest BCUT2D eigenvalue weighted by Crippen LogP contribution is 2.26. The lowest BCUT2D eigenvalue weighted by Crippen LogP contribution is -2.41. The number of anilines is 1. The zero-order valence-electron chi connectivity index (χ0n) is 12.0. The first-order chi connectivity index (χ1) is 9.60. The van der Waals surface area contributed by atoms with Crippen molar-refractivity contribution in [2.45, 2.75) is 45.1 Å². The molecule has 6 nitrogen and oxygen atoms in total. The smallest absolute Gasteiger partial charge is 0.303 e. The Balaban J connectivity index is 2.18. The van der Waals surface area contributed by atoms with Gasteiger partial charge < -0.3 is 14.7 Å². The van der Waals surface area contributed by atoms with Gasteiger partial charge in [0, 0.05) is 30.8 Å². The van der Waals surface area contributed by atoms with Crippen LogP contribution in [0.3, 0.4) is 0 Å². The Morgan fingerprint density at radius 2 is 2.30 bits per heavy atom. The Labute approximate surface area is 118 Å². The number of rotatable bonds is 5. The van der Waals surface area contributed by atoms with Crippen LogP contribution in [0.15, 0.2) is 6.07 Å². The summed E-state index contributed by atoms with van der Waals surface area (Å²) in [6, 6.07) is 1.99. The van der Waals surface area contributed by atoms with E-state index < -0.39 is 5.97 Å². The summed E-state index contributed by atoms with van der Waals surface area (Å²) in [5.74, 6) is 0.449. The number of nitrogens with zero attached hydrogens (tertiary/aromatic N) is 3. The third kappa shape index (κ3) is 3.59. The van der Waals surface area contributed by atoms with E-state index in [1.54, 1.807) is 13.2 Å². The molecule has 1 aromatic rings. The van der Waals surface area contributed by atoms with Crippen LogP contribution in [0.5, 0.6) is 5.88 Å². The third-order valence-corrected chi connectivity index (χ3v) is 3.60. The molecular weight excluding hydrogens is 258 g/mol. The molecule has 1 aromatic heterocycles. The summed E-state index contributed by atoms with van der Waals surface area (Å²) in [5, 5.41) is 8.86. The van der Waals surface area contributed by atoms with E-state index in [4.69, 9.17) is 9.84 Å². The summed E-state index contributed by atoms with van der Waals surface area (Å²) in [7, 11) is 1.59. The summed E-state index contributed by atoms with van der Waals surface area (Å²) >= 11 is 0. The minimum absolute atomic E-state index is 0.185. The van der Waals surface area contributed by atoms with Gasteiger partial charge in [-0.05, 0) is 32.6 Å². The first kappa shape index (κ1) is 14.6. The van der Waals surface area contributed by atoms with Crippen molar-refractivity contribution in [3.63, 3.8) is 0 Å². The molecule has 1 aliphatic rings. The van der Waals surface area contributed by atoms with E-state index in [0.29, 0.717) is 18.2 Å². The zero-order valence-corrected chi connectivity index (χ0v) is 12.0. The van der Waals surface area contributed by atoms with E-state index in [9.17, 15) is 4.79 Å². The fourth-order valence-electron chi connectivity index (χ4n) is 2.61. The second-order valence-corrected chi connectivity index (χ2v) is 5.13. The van der Waals surface area contributed by atoms with Crippen LogP contribution < -0.4 is 9.64 Å². The third-order valence-electron chi connectivity index (χ3n) is 3.60. The van der Waals surface area contributed by atoms with Gasteiger partial charge >= 0.3 is 5.97 Å². The van der Waals surface area contributed by atoms with Crippen LogP contribution in [-0.2, 0) is 4.79 Å². The fraction of sp³-hybridized carbons (Fsp3) is 0.643. The molecule has 0 radical (unpaired) electrons. The number of piperidine rings is 1. The lowest BCUT2D eigenvalue weighted by atomic mass is 9.98. The molecule has 20 heavy (non-hydrogen) atoms. The Bertz CT molecular complexity index is 479. The first-order valence-electron chi connectivity index (χ1n) is 6.98. The number of methoxy groups -OCH3 is 1. The molecule has 0 aliphatic carbocycles. The molecule has 1 N–H and O–H groups in total. The molecule has 110 valence electrons. The zero-order chi connectivity index (χ0) is 14.5. The fourth-order valence-corrected chi connectivity index (χ4v) is 2.61. The highest BCUT2D eigenvalue weighted by molar-refractivity contribution is 5.66. The predicted molar refractivity (Wildman–Crippen MR) is 75.2 cm³/mol. The lowest BCUT2D eigenvalue weighted by Gasteiger charge is -2.35. The van der Waals surface area contributed by atoms with Crippen molar-refractivity contribution in [1.29, 1.82) is 0 Å². The van der Waals surface area contributed by atoms with E-state index in [0.717, 1.165) is 31.5 Å². The molecule has 1 aliphatic heterocycles. The molecule has 1 atom stereocenters. The number of ether oxygens (including phenoxy) is 1. The summed E-state index contributed by atoms with van der Waals surface area (Å²) in [6.45, 7) is 2.78.